The van der Waals surface area contributed by atoms with E-state index in [0.717, 1.165) is 11.6 Å². The summed E-state index contributed by atoms with van der Waals surface area (Å²) in [7, 11) is 0. The monoisotopic (exact) mass is 291 g/mol. The van der Waals surface area contributed by atoms with Crippen molar-refractivity contribution in [3.05, 3.63) is 71.3 Å². The van der Waals surface area contributed by atoms with Gasteiger partial charge in [-0.05, 0) is 36.6 Å². The third-order valence-electron chi connectivity index (χ3n) is 3.36. The van der Waals surface area contributed by atoms with E-state index < -0.39 is 17.7 Å². The quantitative estimate of drug-likeness (QED) is 0.856. The highest BCUT2D eigenvalue weighted by Crippen LogP contribution is 2.16. The molecule has 2 unspecified atom stereocenters. The molecule has 2 atom stereocenters. The number of hydrogen-bond acceptors (Lipinski definition) is 2. The van der Waals surface area contributed by atoms with Crippen LogP contribution in [0.5, 0.6) is 0 Å². The minimum Gasteiger partial charge on any atom is -0.391 e. The number of rotatable bonds is 6. The maximum atomic E-state index is 13.2. The summed E-state index contributed by atoms with van der Waals surface area (Å²) in [5.74, 6) is -1.19. The van der Waals surface area contributed by atoms with Crippen molar-refractivity contribution in [1.82, 2.24) is 5.32 Å². The molecule has 21 heavy (non-hydrogen) atoms. The summed E-state index contributed by atoms with van der Waals surface area (Å²) in [6.45, 7) is 2.16. The van der Waals surface area contributed by atoms with Crippen molar-refractivity contribution in [3.63, 3.8) is 0 Å². The summed E-state index contributed by atoms with van der Waals surface area (Å²) in [5.41, 5.74) is 1.58. The van der Waals surface area contributed by atoms with Gasteiger partial charge >= 0.3 is 0 Å². The van der Waals surface area contributed by atoms with Crippen molar-refractivity contribution in [1.29, 1.82) is 0 Å². The van der Waals surface area contributed by atoms with E-state index in [1.165, 1.54) is 12.1 Å². The zero-order valence-corrected chi connectivity index (χ0v) is 11.9. The molecule has 0 heterocycles. The van der Waals surface area contributed by atoms with Crippen LogP contribution in [0.25, 0.3) is 0 Å². The van der Waals surface area contributed by atoms with Gasteiger partial charge in [0.2, 0.25) is 0 Å². The summed E-state index contributed by atoms with van der Waals surface area (Å²) in [5, 5.41) is 13.1. The Morgan fingerprint density at radius 1 is 1.05 bits per heavy atom. The van der Waals surface area contributed by atoms with Crippen LogP contribution in [0.4, 0.5) is 8.78 Å². The van der Waals surface area contributed by atoms with E-state index in [1.807, 2.05) is 37.3 Å². The molecule has 2 rings (SSSR count). The van der Waals surface area contributed by atoms with Gasteiger partial charge in [0.25, 0.3) is 0 Å². The number of hydrogen-bond donors (Lipinski definition) is 2. The summed E-state index contributed by atoms with van der Waals surface area (Å²) in [4.78, 5) is 0. The summed E-state index contributed by atoms with van der Waals surface area (Å²) in [6, 6.07) is 12.9. The van der Waals surface area contributed by atoms with Crippen molar-refractivity contribution in [3.8, 4) is 0 Å². The van der Waals surface area contributed by atoms with E-state index in [9.17, 15) is 13.9 Å². The molecule has 2 aromatic carbocycles. The van der Waals surface area contributed by atoms with Gasteiger partial charge in [0.1, 0.15) is 11.6 Å². The second-order valence-corrected chi connectivity index (χ2v) is 5.18. The van der Waals surface area contributed by atoms with Crippen molar-refractivity contribution >= 4 is 0 Å². The molecule has 4 heteroatoms. The average Bonchev–Trinajstić information content (AvgIpc) is 2.45. The molecule has 0 amide bonds. The van der Waals surface area contributed by atoms with Crippen LogP contribution >= 0.6 is 0 Å². The van der Waals surface area contributed by atoms with Gasteiger partial charge in [0.05, 0.1) is 6.10 Å². The van der Waals surface area contributed by atoms with Crippen LogP contribution in [-0.4, -0.2) is 17.8 Å². The van der Waals surface area contributed by atoms with Crippen molar-refractivity contribution < 1.29 is 13.9 Å². The summed E-state index contributed by atoms with van der Waals surface area (Å²) >= 11 is 0. The third-order valence-corrected chi connectivity index (χ3v) is 3.36. The molecule has 2 N–H and O–H groups in total. The molecule has 0 fully saturated rings. The molecular formula is C17H19F2NO. The average molecular weight is 291 g/mol. The molecule has 112 valence electrons. The van der Waals surface area contributed by atoms with Gasteiger partial charge in [0, 0.05) is 18.7 Å². The Kier molecular flexibility index (Phi) is 5.42. The first-order valence-corrected chi connectivity index (χ1v) is 6.96. The molecule has 0 bridgehead atoms. The summed E-state index contributed by atoms with van der Waals surface area (Å²) < 4.78 is 26.3. The molecule has 0 spiro atoms. The maximum absolute atomic E-state index is 13.2. The smallest absolute Gasteiger partial charge is 0.126 e. The van der Waals surface area contributed by atoms with Crippen LogP contribution in [0.2, 0.25) is 0 Å². The second kappa shape index (κ2) is 7.29. The highest BCUT2D eigenvalue weighted by Gasteiger charge is 2.11. The van der Waals surface area contributed by atoms with Crippen LogP contribution in [0.3, 0.4) is 0 Å². The van der Waals surface area contributed by atoms with Crippen molar-refractivity contribution in [2.75, 3.05) is 6.54 Å². The number of benzene rings is 2. The van der Waals surface area contributed by atoms with Crippen LogP contribution in [0.15, 0.2) is 48.5 Å². The lowest BCUT2D eigenvalue weighted by molar-refractivity contribution is 0.168. The van der Waals surface area contributed by atoms with Crippen LogP contribution in [0.1, 0.15) is 24.1 Å². The maximum Gasteiger partial charge on any atom is 0.126 e. The highest BCUT2D eigenvalue weighted by molar-refractivity contribution is 5.21. The lowest BCUT2D eigenvalue weighted by Gasteiger charge is -2.18. The Bertz CT molecular complexity index is 554. The molecule has 0 saturated heterocycles. The molecule has 0 aliphatic carbocycles. The highest BCUT2D eigenvalue weighted by atomic mass is 19.1. The van der Waals surface area contributed by atoms with Gasteiger partial charge in [-0.3, -0.25) is 0 Å². The van der Waals surface area contributed by atoms with Crippen molar-refractivity contribution in [2.24, 2.45) is 0 Å². The van der Waals surface area contributed by atoms with E-state index in [-0.39, 0.29) is 6.04 Å². The van der Waals surface area contributed by atoms with Gasteiger partial charge < -0.3 is 10.4 Å². The summed E-state index contributed by atoms with van der Waals surface area (Å²) in [6.07, 6.45) is -0.00816. The standard InChI is InChI=1S/C17H19F2NO/c1-12(14-8-15(18)10-16(19)9-14)20-11-17(21)7-13-5-3-2-4-6-13/h2-6,8-10,12,17,20-21H,7,11H2,1H3. The van der Waals surface area contributed by atoms with E-state index in [4.69, 9.17) is 0 Å². The number of halogens is 2. The fraction of sp³-hybridized carbons (Fsp3) is 0.294. The fourth-order valence-corrected chi connectivity index (χ4v) is 2.21. The Morgan fingerprint density at radius 3 is 2.29 bits per heavy atom. The molecular weight excluding hydrogens is 272 g/mol. The zero-order valence-electron chi connectivity index (χ0n) is 11.9. The minimum atomic E-state index is -0.594. The molecule has 0 radical (unpaired) electrons. The van der Waals surface area contributed by atoms with Crippen LogP contribution in [-0.2, 0) is 6.42 Å². The first-order chi connectivity index (χ1) is 10.0. The predicted octanol–water partition coefficient (Wildman–Crippen LogP) is 3.22. The van der Waals surface area contributed by atoms with Gasteiger partial charge in [0.15, 0.2) is 0 Å². The van der Waals surface area contributed by atoms with Gasteiger partial charge in [-0.15, -0.1) is 0 Å². The topological polar surface area (TPSA) is 32.3 Å². The zero-order chi connectivity index (χ0) is 15.2. The van der Waals surface area contributed by atoms with Crippen LogP contribution in [0, 0.1) is 11.6 Å². The fourth-order valence-electron chi connectivity index (χ4n) is 2.21. The Balaban J connectivity index is 1.87. The molecule has 2 aromatic rings. The minimum absolute atomic E-state index is 0.236. The lowest BCUT2D eigenvalue weighted by Crippen LogP contribution is -2.30. The van der Waals surface area contributed by atoms with Gasteiger partial charge in [-0.1, -0.05) is 30.3 Å². The molecule has 0 aliphatic rings. The van der Waals surface area contributed by atoms with Gasteiger partial charge in [-0.25, -0.2) is 8.78 Å². The van der Waals surface area contributed by atoms with Gasteiger partial charge in [-0.2, -0.15) is 0 Å². The predicted molar refractivity (Wildman–Crippen MR) is 78.9 cm³/mol. The SMILES string of the molecule is CC(NCC(O)Cc1ccccc1)c1cc(F)cc(F)c1. The molecule has 2 nitrogen and oxygen atoms in total. The number of nitrogens with one attached hydrogen (secondary N) is 1. The Hall–Kier alpha value is -1.78. The third kappa shape index (κ3) is 4.92. The largest absolute Gasteiger partial charge is 0.391 e. The second-order valence-electron chi connectivity index (χ2n) is 5.18. The Labute approximate surface area is 123 Å². The normalized spacial score (nSPS) is 13.9. The van der Waals surface area contributed by atoms with E-state index in [1.54, 1.807) is 0 Å². The molecule has 0 aliphatic heterocycles. The first kappa shape index (κ1) is 15.6. The van der Waals surface area contributed by atoms with E-state index >= 15 is 0 Å². The number of aliphatic hydroxyl groups is 1. The molecule has 0 aromatic heterocycles. The molecule has 0 saturated carbocycles. The van der Waals surface area contributed by atoms with Crippen molar-refractivity contribution in [2.45, 2.75) is 25.5 Å². The van der Waals surface area contributed by atoms with E-state index in [2.05, 4.69) is 5.32 Å². The number of aliphatic hydroxyl groups excluding tert-OH is 1. The first-order valence-electron chi connectivity index (χ1n) is 6.96. The van der Waals surface area contributed by atoms with E-state index in [0.29, 0.717) is 18.5 Å². The lowest BCUT2D eigenvalue weighted by atomic mass is 10.1. The Morgan fingerprint density at radius 2 is 1.67 bits per heavy atom. The van der Waals surface area contributed by atoms with Crippen LogP contribution < -0.4 is 5.32 Å².